The Morgan fingerprint density at radius 1 is 1.23 bits per heavy atom. The minimum atomic E-state index is -0.283. The highest BCUT2D eigenvalue weighted by molar-refractivity contribution is 6.31. The molecular formula is C21H28ClNO3. The third kappa shape index (κ3) is 4.67. The lowest BCUT2D eigenvalue weighted by Crippen LogP contribution is -2.13. The van der Waals surface area contributed by atoms with Crippen LogP contribution in [-0.4, -0.2) is 23.4 Å². The second-order valence-corrected chi connectivity index (χ2v) is 7.45. The fourth-order valence-electron chi connectivity index (χ4n) is 3.47. The number of aryl methyl sites for hydroxylation is 1. The zero-order valence-electron chi connectivity index (χ0n) is 16.1. The summed E-state index contributed by atoms with van der Waals surface area (Å²) in [6.07, 6.45) is 4.75. The van der Waals surface area contributed by atoms with Gasteiger partial charge in [0.15, 0.2) is 5.78 Å². The molecule has 2 rings (SSSR count). The van der Waals surface area contributed by atoms with Gasteiger partial charge in [-0.15, -0.1) is 0 Å². The second-order valence-electron chi connectivity index (χ2n) is 7.01. The summed E-state index contributed by atoms with van der Waals surface area (Å²) in [5.74, 6) is -0.275. The van der Waals surface area contributed by atoms with Gasteiger partial charge in [-0.3, -0.25) is 9.59 Å². The van der Waals surface area contributed by atoms with E-state index in [1.807, 2.05) is 32.2 Å². The van der Waals surface area contributed by atoms with Gasteiger partial charge in [0.1, 0.15) is 0 Å². The van der Waals surface area contributed by atoms with Crippen LogP contribution in [0.2, 0.25) is 5.02 Å². The number of unbranched alkanes of at least 4 members (excludes halogenated alkanes) is 2. The lowest BCUT2D eigenvalue weighted by atomic mass is 9.94. The third-order valence-corrected chi connectivity index (χ3v) is 5.09. The number of carbonyl (C=O) groups excluding carboxylic acids is 2. The summed E-state index contributed by atoms with van der Waals surface area (Å²) in [7, 11) is 3.38. The number of esters is 1. The Labute approximate surface area is 160 Å². The molecule has 0 saturated heterocycles. The SMILES string of the molecule is CCCCCc1c(C(=O)CC(C)CC(=O)OC)c2cc(Cl)ccc2n1C. The van der Waals surface area contributed by atoms with Gasteiger partial charge in [0, 0.05) is 47.1 Å². The molecule has 0 saturated carbocycles. The maximum atomic E-state index is 13.1. The molecule has 5 heteroatoms. The molecule has 0 N–H and O–H groups in total. The number of benzene rings is 1. The molecule has 1 unspecified atom stereocenters. The van der Waals surface area contributed by atoms with Crippen molar-refractivity contribution in [3.05, 3.63) is 34.5 Å². The number of rotatable bonds is 9. The van der Waals surface area contributed by atoms with E-state index in [9.17, 15) is 9.59 Å². The van der Waals surface area contributed by atoms with Crippen LogP contribution in [0.4, 0.5) is 0 Å². The standard InChI is InChI=1S/C21H28ClNO3/c1-5-6-7-8-18-21(19(24)11-14(2)12-20(25)26-4)16-13-15(22)9-10-17(16)23(18)3/h9-10,13-14H,5-8,11-12H2,1-4H3. The average molecular weight is 378 g/mol. The lowest BCUT2D eigenvalue weighted by molar-refractivity contribution is -0.141. The molecule has 0 amide bonds. The minimum Gasteiger partial charge on any atom is -0.469 e. The summed E-state index contributed by atoms with van der Waals surface area (Å²) in [6.45, 7) is 4.07. The number of nitrogens with zero attached hydrogens (tertiary/aromatic N) is 1. The Kier molecular flexibility index (Phi) is 7.27. The van der Waals surface area contributed by atoms with Crippen molar-refractivity contribution in [2.45, 2.75) is 52.4 Å². The predicted octanol–water partition coefficient (Wildman–Crippen LogP) is 5.34. The van der Waals surface area contributed by atoms with E-state index in [0.29, 0.717) is 11.4 Å². The average Bonchev–Trinajstić information content (AvgIpc) is 2.86. The highest BCUT2D eigenvalue weighted by Gasteiger charge is 2.23. The van der Waals surface area contributed by atoms with Crippen LogP contribution < -0.4 is 0 Å². The number of hydrogen-bond acceptors (Lipinski definition) is 3. The van der Waals surface area contributed by atoms with Gasteiger partial charge in [0.05, 0.1) is 7.11 Å². The van der Waals surface area contributed by atoms with Crippen LogP contribution >= 0.6 is 11.6 Å². The first-order valence-corrected chi connectivity index (χ1v) is 9.63. The number of Topliss-reactive ketones (excluding diaryl/α,β-unsaturated/α-hetero) is 1. The van der Waals surface area contributed by atoms with E-state index in [-0.39, 0.29) is 24.1 Å². The van der Waals surface area contributed by atoms with Gasteiger partial charge in [-0.25, -0.2) is 0 Å². The predicted molar refractivity (Wildman–Crippen MR) is 106 cm³/mol. The van der Waals surface area contributed by atoms with Gasteiger partial charge in [-0.05, 0) is 37.0 Å². The molecule has 0 radical (unpaired) electrons. The van der Waals surface area contributed by atoms with Crippen LogP contribution in [0, 0.1) is 5.92 Å². The van der Waals surface area contributed by atoms with E-state index in [1.54, 1.807) is 0 Å². The van der Waals surface area contributed by atoms with Crippen molar-refractivity contribution in [3.8, 4) is 0 Å². The number of fused-ring (bicyclic) bond motifs is 1. The van der Waals surface area contributed by atoms with Crippen LogP contribution in [0.15, 0.2) is 18.2 Å². The summed E-state index contributed by atoms with van der Waals surface area (Å²) < 4.78 is 6.83. The van der Waals surface area contributed by atoms with Crippen molar-refractivity contribution in [2.24, 2.45) is 13.0 Å². The quantitative estimate of drug-likeness (QED) is 0.337. The highest BCUT2D eigenvalue weighted by Crippen LogP contribution is 2.31. The van der Waals surface area contributed by atoms with E-state index in [2.05, 4.69) is 11.5 Å². The second kappa shape index (κ2) is 9.22. The number of ether oxygens (including phenoxy) is 1. The number of aromatic nitrogens is 1. The Morgan fingerprint density at radius 3 is 2.62 bits per heavy atom. The van der Waals surface area contributed by atoms with Gasteiger partial charge < -0.3 is 9.30 Å². The normalized spacial score (nSPS) is 12.3. The van der Waals surface area contributed by atoms with Crippen LogP contribution in [0.5, 0.6) is 0 Å². The van der Waals surface area contributed by atoms with E-state index < -0.39 is 0 Å². The van der Waals surface area contributed by atoms with Gasteiger partial charge in [0.2, 0.25) is 0 Å². The number of carbonyl (C=O) groups is 2. The summed E-state index contributed by atoms with van der Waals surface area (Å²) in [4.78, 5) is 24.6. The molecule has 0 fully saturated rings. The Balaban J connectivity index is 2.38. The topological polar surface area (TPSA) is 48.3 Å². The molecule has 0 aliphatic heterocycles. The van der Waals surface area contributed by atoms with Crippen LogP contribution in [0.1, 0.15) is 62.0 Å². The molecular weight excluding hydrogens is 350 g/mol. The van der Waals surface area contributed by atoms with Crippen LogP contribution in [-0.2, 0) is 23.0 Å². The van der Waals surface area contributed by atoms with Crippen LogP contribution in [0.3, 0.4) is 0 Å². The number of hydrogen-bond donors (Lipinski definition) is 0. The largest absolute Gasteiger partial charge is 0.469 e. The van der Waals surface area contributed by atoms with E-state index in [1.165, 1.54) is 7.11 Å². The van der Waals surface area contributed by atoms with Gasteiger partial charge >= 0.3 is 5.97 Å². The van der Waals surface area contributed by atoms with Gasteiger partial charge in [-0.1, -0.05) is 38.3 Å². The minimum absolute atomic E-state index is 0.0621. The molecule has 2 aromatic rings. The van der Waals surface area contributed by atoms with Gasteiger partial charge in [0.25, 0.3) is 0 Å². The number of ketones is 1. The van der Waals surface area contributed by atoms with Gasteiger partial charge in [-0.2, -0.15) is 0 Å². The summed E-state index contributed by atoms with van der Waals surface area (Å²) >= 11 is 6.20. The lowest BCUT2D eigenvalue weighted by Gasteiger charge is -2.11. The molecule has 4 nitrogen and oxygen atoms in total. The Hall–Kier alpha value is -1.81. The first-order valence-electron chi connectivity index (χ1n) is 9.25. The molecule has 1 heterocycles. The summed E-state index contributed by atoms with van der Waals surface area (Å²) in [5.41, 5.74) is 2.84. The van der Waals surface area contributed by atoms with Crippen molar-refractivity contribution >= 4 is 34.3 Å². The van der Waals surface area contributed by atoms with E-state index >= 15 is 0 Å². The maximum Gasteiger partial charge on any atom is 0.305 e. The van der Waals surface area contributed by atoms with Crippen molar-refractivity contribution in [1.82, 2.24) is 4.57 Å². The fraction of sp³-hybridized carbons (Fsp3) is 0.524. The smallest absolute Gasteiger partial charge is 0.305 e. The molecule has 0 spiro atoms. The first-order chi connectivity index (χ1) is 12.4. The van der Waals surface area contributed by atoms with Crippen molar-refractivity contribution in [3.63, 3.8) is 0 Å². The maximum absolute atomic E-state index is 13.1. The molecule has 1 atom stereocenters. The zero-order chi connectivity index (χ0) is 19.3. The highest BCUT2D eigenvalue weighted by atomic mass is 35.5. The Bertz CT molecular complexity index is 794. The third-order valence-electron chi connectivity index (χ3n) is 4.86. The molecule has 1 aromatic heterocycles. The van der Waals surface area contributed by atoms with Crippen molar-refractivity contribution in [1.29, 1.82) is 0 Å². The fourth-order valence-corrected chi connectivity index (χ4v) is 3.65. The van der Waals surface area contributed by atoms with Crippen molar-refractivity contribution in [2.75, 3.05) is 7.11 Å². The monoisotopic (exact) mass is 377 g/mol. The molecule has 142 valence electrons. The zero-order valence-corrected chi connectivity index (χ0v) is 16.9. The number of halogens is 1. The summed E-state index contributed by atoms with van der Waals surface area (Å²) in [5, 5.41) is 1.53. The summed E-state index contributed by atoms with van der Waals surface area (Å²) in [6, 6.07) is 5.70. The molecule has 0 bridgehead atoms. The molecule has 26 heavy (non-hydrogen) atoms. The van der Waals surface area contributed by atoms with E-state index in [4.69, 9.17) is 16.3 Å². The molecule has 0 aliphatic rings. The first kappa shape index (κ1) is 20.5. The van der Waals surface area contributed by atoms with E-state index in [0.717, 1.165) is 47.8 Å². The number of methoxy groups -OCH3 is 1. The van der Waals surface area contributed by atoms with Crippen molar-refractivity contribution < 1.29 is 14.3 Å². The van der Waals surface area contributed by atoms with Crippen LogP contribution in [0.25, 0.3) is 10.9 Å². The molecule has 0 aliphatic carbocycles. The Morgan fingerprint density at radius 2 is 1.96 bits per heavy atom. The molecule has 1 aromatic carbocycles.